The van der Waals surface area contributed by atoms with Crippen LogP contribution in [-0.4, -0.2) is 17.5 Å². The lowest BCUT2D eigenvalue weighted by molar-refractivity contribution is -0.121. The van der Waals surface area contributed by atoms with Gasteiger partial charge in [0.1, 0.15) is 12.4 Å². The maximum Gasteiger partial charge on any atom is 0.233 e. The lowest BCUT2D eigenvalue weighted by atomic mass is 9.96. The molecule has 24 heavy (non-hydrogen) atoms. The van der Waals surface area contributed by atoms with Gasteiger partial charge in [0.05, 0.1) is 16.1 Å². The van der Waals surface area contributed by atoms with Crippen LogP contribution in [-0.2, 0) is 11.2 Å². The van der Waals surface area contributed by atoms with Crippen LogP contribution in [0.1, 0.15) is 16.7 Å². The van der Waals surface area contributed by atoms with Crippen LogP contribution in [0.2, 0.25) is 0 Å². The average molecular weight is 338 g/mol. The molecule has 1 N–H and O–H groups in total. The Balaban J connectivity index is 1.54. The number of para-hydroxylation sites is 1. The molecular weight excluding hydrogens is 320 g/mol. The van der Waals surface area contributed by atoms with E-state index >= 15 is 0 Å². The first-order valence-electron chi connectivity index (χ1n) is 7.99. The number of ether oxygens (including phenoxy) is 1. The highest BCUT2D eigenvalue weighted by Crippen LogP contribution is 2.31. The molecule has 1 aliphatic rings. The molecule has 0 saturated heterocycles. The van der Waals surface area contributed by atoms with Gasteiger partial charge >= 0.3 is 0 Å². The van der Waals surface area contributed by atoms with E-state index in [0.29, 0.717) is 18.2 Å². The number of nitrogens with zero attached hydrogens (tertiary/aromatic N) is 1. The Hall–Kier alpha value is -2.40. The number of fused-ring (bicyclic) bond motifs is 2. The molecule has 2 aromatic carbocycles. The van der Waals surface area contributed by atoms with Crippen molar-refractivity contribution in [2.45, 2.75) is 20.3 Å². The van der Waals surface area contributed by atoms with Crippen LogP contribution in [0, 0.1) is 19.8 Å². The third-order valence-electron chi connectivity index (χ3n) is 4.31. The van der Waals surface area contributed by atoms with Gasteiger partial charge in [-0.15, -0.1) is 0 Å². The molecule has 2 heterocycles. The summed E-state index contributed by atoms with van der Waals surface area (Å²) >= 11 is 1.52. The second-order valence-corrected chi connectivity index (χ2v) is 7.29. The van der Waals surface area contributed by atoms with Crippen molar-refractivity contribution >= 4 is 32.6 Å². The summed E-state index contributed by atoms with van der Waals surface area (Å²) in [6.45, 7) is 4.53. The van der Waals surface area contributed by atoms with E-state index in [4.69, 9.17) is 4.74 Å². The van der Waals surface area contributed by atoms with E-state index in [1.54, 1.807) is 0 Å². The minimum Gasteiger partial charge on any atom is -0.492 e. The maximum atomic E-state index is 12.6. The second-order valence-electron chi connectivity index (χ2n) is 6.26. The normalized spacial score (nSPS) is 16.5. The number of benzene rings is 2. The molecule has 122 valence electrons. The molecule has 1 amide bonds. The summed E-state index contributed by atoms with van der Waals surface area (Å²) in [5.41, 5.74) is 4.39. The highest BCUT2D eigenvalue weighted by atomic mass is 32.1. The van der Waals surface area contributed by atoms with Crippen molar-refractivity contribution in [3.63, 3.8) is 0 Å². The van der Waals surface area contributed by atoms with Gasteiger partial charge in [0.2, 0.25) is 5.91 Å². The van der Waals surface area contributed by atoms with E-state index in [2.05, 4.69) is 29.4 Å². The van der Waals surface area contributed by atoms with E-state index in [-0.39, 0.29) is 11.8 Å². The molecule has 0 saturated carbocycles. The molecule has 1 atom stereocenters. The first kappa shape index (κ1) is 15.1. The fourth-order valence-electron chi connectivity index (χ4n) is 3.13. The van der Waals surface area contributed by atoms with Crippen LogP contribution < -0.4 is 10.1 Å². The highest BCUT2D eigenvalue weighted by Gasteiger charge is 2.26. The number of thiazole rings is 1. The molecule has 4 nitrogen and oxygen atoms in total. The molecular formula is C19H18N2O2S. The molecule has 3 aromatic rings. The van der Waals surface area contributed by atoms with Crippen LogP contribution in [0.3, 0.4) is 0 Å². The molecule has 4 rings (SSSR count). The fraction of sp³-hybridized carbons (Fsp3) is 0.263. The first-order valence-corrected chi connectivity index (χ1v) is 8.81. The second kappa shape index (κ2) is 5.91. The van der Waals surface area contributed by atoms with Gasteiger partial charge in [-0.2, -0.15) is 0 Å². The smallest absolute Gasteiger partial charge is 0.233 e. The zero-order valence-corrected chi connectivity index (χ0v) is 14.4. The molecule has 0 fully saturated rings. The Labute approximate surface area is 144 Å². The van der Waals surface area contributed by atoms with E-state index in [9.17, 15) is 4.79 Å². The van der Waals surface area contributed by atoms with E-state index in [1.807, 2.05) is 31.2 Å². The Morgan fingerprint density at radius 3 is 3.00 bits per heavy atom. The number of nitrogens with one attached hydrogen (secondary N) is 1. The summed E-state index contributed by atoms with van der Waals surface area (Å²) in [6, 6.07) is 12.1. The number of amides is 1. The van der Waals surface area contributed by atoms with Crippen molar-refractivity contribution in [2.24, 2.45) is 5.92 Å². The Kier molecular flexibility index (Phi) is 3.73. The van der Waals surface area contributed by atoms with Gasteiger partial charge < -0.3 is 10.1 Å². The van der Waals surface area contributed by atoms with Crippen molar-refractivity contribution in [1.82, 2.24) is 4.98 Å². The number of carbonyl (C=O) groups is 1. The predicted molar refractivity (Wildman–Crippen MR) is 96.9 cm³/mol. The minimum absolute atomic E-state index is 0.0297. The number of carbonyl (C=O) groups excluding carboxylic acids is 1. The largest absolute Gasteiger partial charge is 0.492 e. The molecule has 1 unspecified atom stereocenters. The van der Waals surface area contributed by atoms with Crippen molar-refractivity contribution < 1.29 is 9.53 Å². The molecule has 0 bridgehead atoms. The van der Waals surface area contributed by atoms with Gasteiger partial charge in [0, 0.05) is 0 Å². The van der Waals surface area contributed by atoms with Crippen molar-refractivity contribution in [2.75, 3.05) is 11.9 Å². The standard InChI is InChI=1S/C19H18N2O2S/c1-11-7-12(2)17-16(8-11)24-19(20-17)21-18(22)14-9-13-5-3-4-6-15(13)23-10-14/h3-8,14H,9-10H2,1-2H3,(H,20,21,22). The number of hydrogen-bond acceptors (Lipinski definition) is 4. The quantitative estimate of drug-likeness (QED) is 0.765. The lowest BCUT2D eigenvalue weighted by Gasteiger charge is -2.24. The lowest BCUT2D eigenvalue weighted by Crippen LogP contribution is -2.32. The number of hydrogen-bond donors (Lipinski definition) is 1. The molecule has 0 spiro atoms. The van der Waals surface area contributed by atoms with Gasteiger partial charge in [-0.3, -0.25) is 4.79 Å². The number of aryl methyl sites for hydroxylation is 2. The highest BCUT2D eigenvalue weighted by molar-refractivity contribution is 7.22. The summed E-state index contributed by atoms with van der Waals surface area (Å²) in [5.74, 6) is 0.667. The Bertz CT molecular complexity index is 932. The number of aromatic nitrogens is 1. The zero-order chi connectivity index (χ0) is 16.7. The van der Waals surface area contributed by atoms with Crippen molar-refractivity contribution in [3.05, 3.63) is 53.1 Å². The van der Waals surface area contributed by atoms with Crippen LogP contribution in [0.5, 0.6) is 5.75 Å². The topological polar surface area (TPSA) is 51.2 Å². The van der Waals surface area contributed by atoms with Crippen LogP contribution >= 0.6 is 11.3 Å². The number of rotatable bonds is 2. The van der Waals surface area contributed by atoms with E-state index < -0.39 is 0 Å². The van der Waals surface area contributed by atoms with Gasteiger partial charge in [0.15, 0.2) is 5.13 Å². The average Bonchev–Trinajstić information content (AvgIpc) is 2.97. The van der Waals surface area contributed by atoms with Gasteiger partial charge in [-0.25, -0.2) is 4.98 Å². The third kappa shape index (κ3) is 2.76. The summed E-state index contributed by atoms with van der Waals surface area (Å²) in [7, 11) is 0. The van der Waals surface area contributed by atoms with Crippen molar-refractivity contribution in [3.8, 4) is 5.75 Å². The Morgan fingerprint density at radius 2 is 2.12 bits per heavy atom. The molecule has 0 radical (unpaired) electrons. The van der Waals surface area contributed by atoms with Crippen LogP contribution in [0.4, 0.5) is 5.13 Å². The molecule has 1 aliphatic heterocycles. The van der Waals surface area contributed by atoms with Crippen molar-refractivity contribution in [1.29, 1.82) is 0 Å². The monoisotopic (exact) mass is 338 g/mol. The zero-order valence-electron chi connectivity index (χ0n) is 13.6. The molecule has 5 heteroatoms. The van der Waals surface area contributed by atoms with Crippen LogP contribution in [0.15, 0.2) is 36.4 Å². The van der Waals surface area contributed by atoms with Gasteiger partial charge in [-0.1, -0.05) is 35.6 Å². The summed E-state index contributed by atoms with van der Waals surface area (Å²) < 4.78 is 6.82. The maximum absolute atomic E-state index is 12.6. The summed E-state index contributed by atoms with van der Waals surface area (Å²) in [6.07, 6.45) is 0.699. The Morgan fingerprint density at radius 1 is 1.29 bits per heavy atom. The first-order chi connectivity index (χ1) is 11.6. The molecule has 0 aliphatic carbocycles. The van der Waals surface area contributed by atoms with E-state index in [0.717, 1.165) is 27.1 Å². The SMILES string of the molecule is Cc1cc(C)c2nc(NC(=O)C3COc4ccccc4C3)sc2c1. The van der Waals surface area contributed by atoms with E-state index in [1.165, 1.54) is 16.9 Å². The third-order valence-corrected chi connectivity index (χ3v) is 5.23. The van der Waals surface area contributed by atoms with Gasteiger partial charge in [-0.05, 0) is 49.1 Å². The van der Waals surface area contributed by atoms with Gasteiger partial charge in [0.25, 0.3) is 0 Å². The molecule has 1 aromatic heterocycles. The minimum atomic E-state index is -0.185. The fourth-order valence-corrected chi connectivity index (χ4v) is 4.17. The predicted octanol–water partition coefficient (Wildman–Crippen LogP) is 4.10. The number of anilines is 1. The van der Waals surface area contributed by atoms with Crippen LogP contribution in [0.25, 0.3) is 10.2 Å². The summed E-state index contributed by atoms with van der Waals surface area (Å²) in [5, 5.41) is 3.62. The summed E-state index contributed by atoms with van der Waals surface area (Å²) in [4.78, 5) is 17.2.